The Hall–Kier alpha value is -1.14. The molecule has 1 aliphatic carbocycles. The van der Waals surface area contributed by atoms with E-state index in [1.54, 1.807) is 0 Å². The van der Waals surface area contributed by atoms with Gasteiger partial charge in [0, 0.05) is 6.04 Å². The van der Waals surface area contributed by atoms with E-state index in [2.05, 4.69) is 5.32 Å². The number of fused-ring (bicyclic) bond motifs is 1. The molecule has 0 saturated carbocycles. The zero-order valence-corrected chi connectivity index (χ0v) is 10.4. The van der Waals surface area contributed by atoms with Crippen molar-refractivity contribution in [2.75, 3.05) is 13.7 Å². The van der Waals surface area contributed by atoms with Crippen molar-refractivity contribution in [3.63, 3.8) is 0 Å². The fourth-order valence-electron chi connectivity index (χ4n) is 2.96. The maximum Gasteiger partial charge on any atom is 0.402 e. The molecule has 0 spiro atoms. The Morgan fingerprint density at radius 2 is 2.11 bits per heavy atom. The van der Waals surface area contributed by atoms with E-state index < -0.39 is 30.1 Å². The third kappa shape index (κ3) is 2.03. The molecule has 0 aliphatic heterocycles. The molecule has 0 aromatic heterocycles. The fraction of sp³-hybridized carbons (Fsp3) is 0.538. The normalized spacial score (nSPS) is 27.2. The third-order valence-electron chi connectivity index (χ3n) is 3.95. The van der Waals surface area contributed by atoms with Crippen LogP contribution >= 0.6 is 0 Å². The van der Waals surface area contributed by atoms with Gasteiger partial charge in [-0.15, -0.1) is 0 Å². The molecule has 1 aromatic rings. The number of hydrogen-bond acceptors (Lipinski definition) is 2. The standard InChI is InChI=1S/C13H15F4NO/c1-18-11-5-2-8-6-9(14)3-4-10(8)12(11,7-19)13(15,16)17/h3-4,6,11,18-19H,2,5,7H2,1H3/t11?,12-/m1/s1. The minimum Gasteiger partial charge on any atom is -0.395 e. The first-order valence-corrected chi connectivity index (χ1v) is 6.00. The zero-order chi connectivity index (χ0) is 14.3. The van der Waals surface area contributed by atoms with Gasteiger partial charge in [-0.1, -0.05) is 6.07 Å². The van der Waals surface area contributed by atoms with E-state index in [0.717, 1.165) is 18.2 Å². The number of aryl methyl sites for hydroxylation is 1. The van der Waals surface area contributed by atoms with Gasteiger partial charge < -0.3 is 10.4 Å². The van der Waals surface area contributed by atoms with Crippen molar-refractivity contribution in [1.82, 2.24) is 5.32 Å². The molecule has 0 saturated heterocycles. The molecule has 2 nitrogen and oxygen atoms in total. The molecular formula is C13H15F4NO. The number of alkyl halides is 3. The van der Waals surface area contributed by atoms with Crippen molar-refractivity contribution in [2.45, 2.75) is 30.5 Å². The maximum absolute atomic E-state index is 13.5. The monoisotopic (exact) mass is 277 g/mol. The highest BCUT2D eigenvalue weighted by molar-refractivity contribution is 5.41. The van der Waals surface area contributed by atoms with Crippen LogP contribution in [0.1, 0.15) is 17.5 Å². The summed E-state index contributed by atoms with van der Waals surface area (Å²) in [6.45, 7) is -1.05. The SMILES string of the molecule is CNC1CCc2cc(F)ccc2[C@@]1(CO)C(F)(F)F. The number of aliphatic hydroxyl groups is 1. The summed E-state index contributed by atoms with van der Waals surface area (Å²) in [4.78, 5) is 0. The summed E-state index contributed by atoms with van der Waals surface area (Å²) in [5.74, 6) is -0.560. The van der Waals surface area contributed by atoms with Gasteiger partial charge in [-0.3, -0.25) is 0 Å². The molecular weight excluding hydrogens is 262 g/mol. The van der Waals surface area contributed by atoms with Gasteiger partial charge in [0.1, 0.15) is 11.2 Å². The van der Waals surface area contributed by atoms with Crippen LogP contribution in [0, 0.1) is 5.82 Å². The van der Waals surface area contributed by atoms with Crippen LogP contribution < -0.4 is 5.32 Å². The van der Waals surface area contributed by atoms with Crippen LogP contribution in [0.25, 0.3) is 0 Å². The smallest absolute Gasteiger partial charge is 0.395 e. The molecule has 106 valence electrons. The lowest BCUT2D eigenvalue weighted by molar-refractivity contribution is -0.212. The second kappa shape index (κ2) is 4.76. The third-order valence-corrected chi connectivity index (χ3v) is 3.95. The van der Waals surface area contributed by atoms with Crippen LogP contribution in [0.15, 0.2) is 18.2 Å². The molecule has 0 fully saturated rings. The molecule has 0 bridgehead atoms. The van der Waals surface area contributed by atoms with Crippen LogP contribution in [0.3, 0.4) is 0 Å². The molecule has 2 N–H and O–H groups in total. The van der Waals surface area contributed by atoms with Gasteiger partial charge in [0.2, 0.25) is 0 Å². The number of likely N-dealkylation sites (N-methyl/N-ethyl adjacent to an activating group) is 1. The van der Waals surface area contributed by atoms with Crippen molar-refractivity contribution >= 4 is 0 Å². The van der Waals surface area contributed by atoms with Crippen molar-refractivity contribution in [3.05, 3.63) is 35.1 Å². The van der Waals surface area contributed by atoms with E-state index >= 15 is 0 Å². The van der Waals surface area contributed by atoms with E-state index in [9.17, 15) is 22.7 Å². The van der Waals surface area contributed by atoms with Gasteiger partial charge in [-0.2, -0.15) is 13.2 Å². The summed E-state index contributed by atoms with van der Waals surface area (Å²) in [5.41, 5.74) is -2.09. The number of nitrogens with one attached hydrogen (secondary N) is 1. The highest BCUT2D eigenvalue weighted by atomic mass is 19.4. The van der Waals surface area contributed by atoms with E-state index in [4.69, 9.17) is 0 Å². The molecule has 1 aromatic carbocycles. The Morgan fingerprint density at radius 1 is 1.42 bits per heavy atom. The molecule has 2 rings (SSSR count). The summed E-state index contributed by atoms with van der Waals surface area (Å²) in [7, 11) is 1.44. The second-order valence-corrected chi connectivity index (χ2v) is 4.81. The highest BCUT2D eigenvalue weighted by Crippen LogP contribution is 2.48. The lowest BCUT2D eigenvalue weighted by atomic mass is 9.66. The molecule has 0 heterocycles. The van der Waals surface area contributed by atoms with Crippen molar-refractivity contribution in [3.8, 4) is 0 Å². The first-order chi connectivity index (χ1) is 8.86. The molecule has 0 radical (unpaired) electrons. The Bertz CT molecular complexity index is 474. The maximum atomic E-state index is 13.5. The van der Waals surface area contributed by atoms with Crippen LogP contribution in [-0.4, -0.2) is 31.0 Å². The molecule has 19 heavy (non-hydrogen) atoms. The predicted octanol–water partition coefficient (Wildman–Crippen LogP) is 2.15. The quantitative estimate of drug-likeness (QED) is 0.812. The van der Waals surface area contributed by atoms with Crippen LogP contribution in [-0.2, 0) is 11.8 Å². The largest absolute Gasteiger partial charge is 0.402 e. The molecule has 6 heteroatoms. The lowest BCUT2D eigenvalue weighted by Crippen LogP contribution is -2.61. The Labute approximate surface area is 108 Å². The van der Waals surface area contributed by atoms with Crippen molar-refractivity contribution in [2.24, 2.45) is 0 Å². The van der Waals surface area contributed by atoms with E-state index in [1.165, 1.54) is 7.05 Å². The summed E-state index contributed by atoms with van der Waals surface area (Å²) in [6.07, 6.45) is -4.05. The van der Waals surface area contributed by atoms with Crippen LogP contribution in [0.5, 0.6) is 0 Å². The van der Waals surface area contributed by atoms with Crippen molar-refractivity contribution in [1.29, 1.82) is 0 Å². The van der Waals surface area contributed by atoms with Gasteiger partial charge in [0.05, 0.1) is 6.61 Å². The number of halogens is 4. The van der Waals surface area contributed by atoms with Gasteiger partial charge in [-0.05, 0) is 43.1 Å². The van der Waals surface area contributed by atoms with Crippen molar-refractivity contribution < 1.29 is 22.7 Å². The first-order valence-electron chi connectivity index (χ1n) is 6.00. The summed E-state index contributed by atoms with van der Waals surface area (Å²) in [6, 6.07) is 2.35. The molecule has 1 aliphatic rings. The fourth-order valence-corrected chi connectivity index (χ4v) is 2.96. The predicted molar refractivity (Wildman–Crippen MR) is 62.4 cm³/mol. The van der Waals surface area contributed by atoms with Gasteiger partial charge >= 0.3 is 6.18 Å². The Morgan fingerprint density at radius 3 is 2.63 bits per heavy atom. The van der Waals surface area contributed by atoms with Crippen LogP contribution in [0.4, 0.5) is 17.6 Å². The molecule has 0 amide bonds. The Kier molecular flexibility index (Phi) is 3.57. The average Bonchev–Trinajstić information content (AvgIpc) is 2.35. The van der Waals surface area contributed by atoms with E-state index in [0.29, 0.717) is 12.0 Å². The van der Waals surface area contributed by atoms with E-state index in [-0.39, 0.29) is 12.0 Å². The molecule has 2 atom stereocenters. The molecule has 1 unspecified atom stereocenters. The van der Waals surface area contributed by atoms with E-state index in [1.807, 2.05) is 0 Å². The summed E-state index contributed by atoms with van der Waals surface area (Å²) >= 11 is 0. The number of hydrogen-bond donors (Lipinski definition) is 2. The van der Waals surface area contributed by atoms with Crippen LogP contribution in [0.2, 0.25) is 0 Å². The topological polar surface area (TPSA) is 32.3 Å². The first kappa shape index (κ1) is 14.3. The minimum absolute atomic E-state index is 0.0329. The number of benzene rings is 1. The van der Waals surface area contributed by atoms with Gasteiger partial charge in [0.25, 0.3) is 0 Å². The summed E-state index contributed by atoms with van der Waals surface area (Å²) in [5, 5.41) is 12.1. The average molecular weight is 277 g/mol. The second-order valence-electron chi connectivity index (χ2n) is 4.81. The number of aliphatic hydroxyl groups excluding tert-OH is 1. The van der Waals surface area contributed by atoms with Gasteiger partial charge in [0.15, 0.2) is 0 Å². The zero-order valence-electron chi connectivity index (χ0n) is 10.4. The Balaban J connectivity index is 2.67. The number of rotatable bonds is 2. The van der Waals surface area contributed by atoms with Gasteiger partial charge in [-0.25, -0.2) is 4.39 Å². The minimum atomic E-state index is -4.61. The summed E-state index contributed by atoms with van der Waals surface area (Å²) < 4.78 is 53.7. The highest BCUT2D eigenvalue weighted by Gasteiger charge is 2.61. The lowest BCUT2D eigenvalue weighted by Gasteiger charge is -2.45.